The maximum absolute atomic E-state index is 12.6. The summed E-state index contributed by atoms with van der Waals surface area (Å²) in [4.78, 5) is 15.6. The summed E-state index contributed by atoms with van der Waals surface area (Å²) < 4.78 is 37.8. The van der Waals surface area contributed by atoms with E-state index in [1.54, 1.807) is 20.0 Å². The Morgan fingerprint density at radius 3 is 2.32 bits per heavy atom. The molecule has 2 unspecified atom stereocenters. The number of carbonyl (C=O) groups is 1. The molecule has 3 rings (SSSR count). The first-order valence-corrected chi connectivity index (χ1v) is 11.2. The van der Waals surface area contributed by atoms with Crippen molar-refractivity contribution in [1.29, 1.82) is 0 Å². The lowest BCUT2D eigenvalue weighted by atomic mass is 9.87. The van der Waals surface area contributed by atoms with Crippen LogP contribution >= 0.6 is 0 Å². The number of nitrogens with zero attached hydrogens (tertiary/aromatic N) is 1. The molecule has 6 nitrogen and oxygen atoms in total. The highest BCUT2D eigenvalue weighted by molar-refractivity contribution is 5.77. The number of aromatic nitrogens is 1. The summed E-state index contributed by atoms with van der Waals surface area (Å²) in [5.41, 5.74) is -0.0980. The van der Waals surface area contributed by atoms with Gasteiger partial charge in [0.2, 0.25) is 5.91 Å². The lowest BCUT2D eigenvalue weighted by Gasteiger charge is -2.33. The van der Waals surface area contributed by atoms with Crippen LogP contribution in [0.4, 0.5) is 19.0 Å². The predicted octanol–water partition coefficient (Wildman–Crippen LogP) is 4.76. The number of anilines is 1. The topological polar surface area (TPSA) is 86.3 Å². The molecule has 2 atom stereocenters. The number of hydrogen-bond donors (Lipinski definition) is 4. The third kappa shape index (κ3) is 8.14. The van der Waals surface area contributed by atoms with Crippen LogP contribution in [-0.2, 0) is 11.0 Å². The van der Waals surface area contributed by atoms with Crippen molar-refractivity contribution >= 4 is 11.7 Å². The van der Waals surface area contributed by atoms with Crippen molar-refractivity contribution in [2.45, 2.75) is 56.8 Å². The normalized spacial score (nSPS) is 15.9. The molecule has 34 heavy (non-hydrogen) atoms. The lowest BCUT2D eigenvalue weighted by Crippen LogP contribution is -2.44. The van der Waals surface area contributed by atoms with Crippen LogP contribution in [0.2, 0.25) is 0 Å². The van der Waals surface area contributed by atoms with Gasteiger partial charge in [0.25, 0.3) is 0 Å². The number of alkyl halides is 3. The molecule has 2 aromatic rings. The molecule has 1 aliphatic rings. The van der Waals surface area contributed by atoms with Gasteiger partial charge in [-0.3, -0.25) is 10.1 Å². The van der Waals surface area contributed by atoms with Crippen LogP contribution in [0.25, 0.3) is 0 Å². The van der Waals surface area contributed by atoms with Gasteiger partial charge in [-0.2, -0.15) is 13.2 Å². The SMILES string of the molecule is C=CNc1ccc(C2CC2)cn1.CCC(C)(O)C(NCC(=O)NC)c1ccc(C(F)(F)F)cc1. The van der Waals surface area contributed by atoms with Gasteiger partial charge in [-0.1, -0.05) is 31.7 Å². The summed E-state index contributed by atoms with van der Waals surface area (Å²) in [6.45, 7) is 6.87. The number of likely N-dealkylation sites (N-methyl/N-ethyl adjacent to an activating group) is 1. The fourth-order valence-corrected chi connectivity index (χ4v) is 3.30. The minimum atomic E-state index is -4.41. The summed E-state index contributed by atoms with van der Waals surface area (Å²) in [6.07, 6.45) is 2.21. The first-order chi connectivity index (χ1) is 16.0. The van der Waals surface area contributed by atoms with Gasteiger partial charge >= 0.3 is 6.18 Å². The summed E-state index contributed by atoms with van der Waals surface area (Å²) >= 11 is 0. The van der Waals surface area contributed by atoms with Gasteiger partial charge in [0.15, 0.2) is 0 Å². The molecular formula is C25H33F3N4O2. The Balaban J connectivity index is 0.000000283. The standard InChI is InChI=1S/C15H21F3N2O2.C10H12N2/c1-4-14(2,22)13(20-9-12(21)19-3)10-5-7-11(8-6-10)15(16,17)18;1-2-11-10-6-5-9(7-12-10)8-3-4-8/h5-8,13,20,22H,4,9H2,1-3H3,(H,19,21);2,5-8H,1,3-4H2,(H,11,12). The summed E-state index contributed by atoms with van der Waals surface area (Å²) in [5, 5.41) is 18.7. The monoisotopic (exact) mass is 478 g/mol. The Morgan fingerprint density at radius 1 is 1.24 bits per heavy atom. The minimum absolute atomic E-state index is 0.0433. The van der Waals surface area contributed by atoms with E-state index in [-0.39, 0.29) is 12.5 Å². The molecule has 0 saturated heterocycles. The van der Waals surface area contributed by atoms with Crippen molar-refractivity contribution in [3.8, 4) is 0 Å². The largest absolute Gasteiger partial charge is 0.416 e. The molecule has 0 radical (unpaired) electrons. The molecule has 0 aliphatic heterocycles. The second kappa shape index (κ2) is 12.0. The van der Waals surface area contributed by atoms with Crippen LogP contribution in [0, 0.1) is 0 Å². The molecule has 1 amide bonds. The zero-order valence-corrected chi connectivity index (χ0v) is 19.7. The molecule has 1 fully saturated rings. The summed E-state index contributed by atoms with van der Waals surface area (Å²) in [6, 6.07) is 8.04. The number of nitrogens with one attached hydrogen (secondary N) is 3. The third-order valence-electron chi connectivity index (χ3n) is 5.74. The Morgan fingerprint density at radius 2 is 1.88 bits per heavy atom. The van der Waals surface area contributed by atoms with Crippen LogP contribution in [0.1, 0.15) is 61.8 Å². The van der Waals surface area contributed by atoms with Gasteiger partial charge in [-0.15, -0.1) is 0 Å². The Labute approximate surface area is 198 Å². The number of aliphatic hydroxyl groups is 1. The van der Waals surface area contributed by atoms with Crippen molar-refractivity contribution < 1.29 is 23.1 Å². The zero-order valence-electron chi connectivity index (χ0n) is 19.7. The second-order valence-corrected chi connectivity index (χ2v) is 8.42. The van der Waals surface area contributed by atoms with Gasteiger partial charge < -0.3 is 15.7 Å². The summed E-state index contributed by atoms with van der Waals surface area (Å²) in [5.74, 6) is 1.38. The van der Waals surface area contributed by atoms with Crippen molar-refractivity contribution in [3.05, 3.63) is 72.1 Å². The molecule has 1 aromatic carbocycles. The number of benzene rings is 1. The fourth-order valence-electron chi connectivity index (χ4n) is 3.30. The van der Waals surface area contributed by atoms with Crippen molar-refractivity contribution in [1.82, 2.24) is 15.6 Å². The molecule has 4 N–H and O–H groups in total. The zero-order chi connectivity index (χ0) is 25.4. The smallest absolute Gasteiger partial charge is 0.388 e. The summed E-state index contributed by atoms with van der Waals surface area (Å²) in [7, 11) is 1.48. The number of amides is 1. The van der Waals surface area contributed by atoms with E-state index >= 15 is 0 Å². The molecule has 186 valence electrons. The molecule has 0 spiro atoms. The lowest BCUT2D eigenvalue weighted by molar-refractivity contribution is -0.137. The van der Waals surface area contributed by atoms with Gasteiger partial charge in [-0.05, 0) is 67.6 Å². The molecule has 1 saturated carbocycles. The molecule has 1 aliphatic carbocycles. The van der Waals surface area contributed by atoms with Crippen molar-refractivity contribution in [2.75, 3.05) is 18.9 Å². The molecule has 9 heteroatoms. The van der Waals surface area contributed by atoms with Gasteiger partial charge in [0.1, 0.15) is 5.82 Å². The number of rotatable bonds is 9. The van der Waals surface area contributed by atoms with Gasteiger partial charge in [0, 0.05) is 13.2 Å². The van der Waals surface area contributed by atoms with E-state index in [1.165, 1.54) is 37.6 Å². The quantitative estimate of drug-likeness (QED) is 0.418. The predicted molar refractivity (Wildman–Crippen MR) is 127 cm³/mol. The second-order valence-electron chi connectivity index (χ2n) is 8.42. The number of hydrogen-bond acceptors (Lipinski definition) is 5. The molecular weight excluding hydrogens is 445 g/mol. The van der Waals surface area contributed by atoms with Gasteiger partial charge in [0.05, 0.1) is 23.8 Å². The first kappa shape index (κ1) is 27.3. The maximum atomic E-state index is 12.6. The molecule has 1 aromatic heterocycles. The van der Waals surface area contributed by atoms with E-state index in [0.29, 0.717) is 12.0 Å². The van der Waals surface area contributed by atoms with E-state index < -0.39 is 23.4 Å². The average Bonchev–Trinajstić information content (AvgIpc) is 3.65. The number of carbonyl (C=O) groups excluding carboxylic acids is 1. The van der Waals surface area contributed by atoms with Crippen molar-refractivity contribution in [2.24, 2.45) is 0 Å². The van der Waals surface area contributed by atoms with E-state index in [0.717, 1.165) is 23.9 Å². The van der Waals surface area contributed by atoms with Crippen LogP contribution in [0.3, 0.4) is 0 Å². The van der Waals surface area contributed by atoms with E-state index in [2.05, 4.69) is 33.6 Å². The highest BCUT2D eigenvalue weighted by atomic mass is 19.4. The van der Waals surface area contributed by atoms with E-state index in [9.17, 15) is 23.1 Å². The Bertz CT molecular complexity index is 925. The van der Waals surface area contributed by atoms with Crippen LogP contribution < -0.4 is 16.0 Å². The van der Waals surface area contributed by atoms with Crippen LogP contribution in [-0.4, -0.2) is 35.2 Å². The molecule has 0 bridgehead atoms. The Hall–Kier alpha value is -2.91. The third-order valence-corrected chi connectivity index (χ3v) is 5.74. The Kier molecular flexibility index (Phi) is 9.64. The van der Waals surface area contributed by atoms with E-state index in [4.69, 9.17) is 0 Å². The number of halogens is 3. The van der Waals surface area contributed by atoms with Crippen LogP contribution in [0.5, 0.6) is 0 Å². The van der Waals surface area contributed by atoms with E-state index in [1.807, 2.05) is 12.3 Å². The first-order valence-electron chi connectivity index (χ1n) is 11.2. The number of pyridine rings is 1. The fraction of sp³-hybridized carbons (Fsp3) is 0.440. The van der Waals surface area contributed by atoms with Crippen LogP contribution in [0.15, 0.2) is 55.4 Å². The minimum Gasteiger partial charge on any atom is -0.388 e. The highest BCUT2D eigenvalue weighted by Gasteiger charge is 2.34. The van der Waals surface area contributed by atoms with Gasteiger partial charge in [-0.25, -0.2) is 4.98 Å². The molecule has 1 heterocycles. The highest BCUT2D eigenvalue weighted by Crippen LogP contribution is 2.39. The maximum Gasteiger partial charge on any atom is 0.416 e. The van der Waals surface area contributed by atoms with Crippen molar-refractivity contribution in [3.63, 3.8) is 0 Å². The average molecular weight is 479 g/mol.